The fourth-order valence-electron chi connectivity index (χ4n) is 2.96. The Balaban J connectivity index is 2.36. The van der Waals surface area contributed by atoms with E-state index < -0.39 is 10.0 Å². The fraction of sp³-hybridized carbons (Fsp3) is 0.588. The zero-order valence-electron chi connectivity index (χ0n) is 14.4. The summed E-state index contributed by atoms with van der Waals surface area (Å²) >= 11 is 6.15. The highest BCUT2D eigenvalue weighted by Gasteiger charge is 2.28. The minimum absolute atomic E-state index is 0.0260. The predicted molar refractivity (Wildman–Crippen MR) is 97.3 cm³/mol. The van der Waals surface area contributed by atoms with Gasteiger partial charge in [0.1, 0.15) is 4.90 Å². The number of nitrogens with zero attached hydrogens (tertiary/aromatic N) is 2. The first-order valence-corrected chi connectivity index (χ1v) is 10.4. The predicted octanol–water partition coefficient (Wildman–Crippen LogP) is 2.36. The van der Waals surface area contributed by atoms with Gasteiger partial charge in [-0.15, -0.1) is 0 Å². The molecule has 1 heterocycles. The number of halogens is 1. The Morgan fingerprint density at radius 1 is 1.24 bits per heavy atom. The first-order valence-electron chi connectivity index (χ1n) is 8.61. The van der Waals surface area contributed by atoms with Gasteiger partial charge in [-0.2, -0.15) is 4.31 Å². The Labute approximate surface area is 154 Å². The second-order valence-electron chi connectivity index (χ2n) is 6.07. The van der Waals surface area contributed by atoms with Crippen LogP contribution >= 0.6 is 11.6 Å². The van der Waals surface area contributed by atoms with Crippen molar-refractivity contribution in [3.05, 3.63) is 28.8 Å². The molecule has 0 saturated carbocycles. The molecule has 6 nitrogen and oxygen atoms in total. The number of aliphatic hydroxyl groups excluding tert-OH is 1. The molecule has 0 atom stereocenters. The lowest BCUT2D eigenvalue weighted by Crippen LogP contribution is -2.34. The van der Waals surface area contributed by atoms with Gasteiger partial charge in [-0.25, -0.2) is 8.42 Å². The van der Waals surface area contributed by atoms with Gasteiger partial charge < -0.3 is 10.0 Å². The summed E-state index contributed by atoms with van der Waals surface area (Å²) in [5, 5.41) is 9.19. The first-order chi connectivity index (χ1) is 11.9. The van der Waals surface area contributed by atoms with E-state index >= 15 is 0 Å². The van der Waals surface area contributed by atoms with Gasteiger partial charge in [0.2, 0.25) is 10.0 Å². The molecule has 1 saturated heterocycles. The molecule has 0 aromatic heterocycles. The van der Waals surface area contributed by atoms with Crippen LogP contribution in [0.5, 0.6) is 0 Å². The van der Waals surface area contributed by atoms with Crippen LogP contribution in [-0.4, -0.2) is 61.4 Å². The number of benzene rings is 1. The molecule has 1 fully saturated rings. The number of aliphatic hydroxyl groups is 1. The highest BCUT2D eigenvalue weighted by atomic mass is 35.5. The lowest BCUT2D eigenvalue weighted by molar-refractivity contribution is 0.0731. The van der Waals surface area contributed by atoms with E-state index in [4.69, 9.17) is 16.7 Å². The number of hydrogen-bond acceptors (Lipinski definition) is 4. The molecule has 0 bridgehead atoms. The highest BCUT2D eigenvalue weighted by molar-refractivity contribution is 7.89. The molecule has 0 radical (unpaired) electrons. The van der Waals surface area contributed by atoms with Gasteiger partial charge in [0.05, 0.1) is 11.6 Å². The summed E-state index contributed by atoms with van der Waals surface area (Å²) in [6.07, 6.45) is 3.70. The van der Waals surface area contributed by atoms with Gasteiger partial charge in [0, 0.05) is 31.7 Å². The molecular weight excluding hydrogens is 364 g/mol. The third-order valence-corrected chi connectivity index (χ3v) is 6.78. The highest BCUT2D eigenvalue weighted by Crippen LogP contribution is 2.28. The van der Waals surface area contributed by atoms with Crippen molar-refractivity contribution >= 4 is 27.5 Å². The van der Waals surface area contributed by atoms with Gasteiger partial charge in [0.25, 0.3) is 5.91 Å². The van der Waals surface area contributed by atoms with Crippen LogP contribution < -0.4 is 0 Å². The van der Waals surface area contributed by atoms with Crippen molar-refractivity contribution in [2.75, 3.05) is 32.8 Å². The van der Waals surface area contributed by atoms with Crippen molar-refractivity contribution in [3.8, 4) is 0 Å². The molecule has 1 aromatic rings. The summed E-state index contributed by atoms with van der Waals surface area (Å²) < 4.78 is 27.4. The summed E-state index contributed by atoms with van der Waals surface area (Å²) in [4.78, 5) is 14.0. The van der Waals surface area contributed by atoms with Crippen molar-refractivity contribution in [3.63, 3.8) is 0 Å². The number of sulfonamides is 1. The fourth-order valence-corrected chi connectivity index (χ4v) is 4.98. The van der Waals surface area contributed by atoms with Gasteiger partial charge in [-0.3, -0.25) is 4.79 Å². The van der Waals surface area contributed by atoms with E-state index in [2.05, 4.69) is 0 Å². The average Bonchev–Trinajstić information content (AvgIpc) is 2.89. The van der Waals surface area contributed by atoms with Crippen molar-refractivity contribution in [2.45, 2.75) is 37.5 Å². The van der Waals surface area contributed by atoms with Crippen LogP contribution in [0.3, 0.4) is 0 Å². The van der Waals surface area contributed by atoms with E-state index in [-0.39, 0.29) is 34.5 Å². The molecular formula is C17H25ClN2O4S. The number of carbonyl (C=O) groups excluding carboxylic acids is 1. The lowest BCUT2D eigenvalue weighted by Gasteiger charge is -2.22. The van der Waals surface area contributed by atoms with Crippen LogP contribution in [-0.2, 0) is 10.0 Å². The molecule has 0 spiro atoms. The van der Waals surface area contributed by atoms with Crippen molar-refractivity contribution in [2.24, 2.45) is 0 Å². The van der Waals surface area contributed by atoms with Gasteiger partial charge in [-0.1, -0.05) is 24.4 Å². The van der Waals surface area contributed by atoms with Crippen molar-refractivity contribution in [1.29, 1.82) is 0 Å². The van der Waals surface area contributed by atoms with Crippen molar-refractivity contribution in [1.82, 2.24) is 9.21 Å². The molecule has 0 unspecified atom stereocenters. The zero-order valence-corrected chi connectivity index (χ0v) is 16.0. The quantitative estimate of drug-likeness (QED) is 0.811. The number of hydrogen-bond donors (Lipinski definition) is 1. The normalized spacial score (nSPS) is 16.4. The number of amides is 1. The largest absolute Gasteiger partial charge is 0.395 e. The maximum absolute atomic E-state index is 13.0. The summed E-state index contributed by atoms with van der Waals surface area (Å²) in [5.41, 5.74) is 0.257. The molecule has 1 N–H and O–H groups in total. The third kappa shape index (κ3) is 4.73. The minimum atomic E-state index is -3.74. The molecule has 0 aliphatic carbocycles. The maximum atomic E-state index is 13.0. The van der Waals surface area contributed by atoms with E-state index in [1.54, 1.807) is 6.92 Å². The SMILES string of the molecule is CCN(CCO)C(=O)c1ccc(Cl)c(S(=O)(=O)N2CCCCCC2)c1. The molecule has 140 valence electrons. The van der Waals surface area contributed by atoms with Crippen LogP contribution in [0.1, 0.15) is 43.0 Å². The van der Waals surface area contributed by atoms with Crippen LogP contribution in [0.15, 0.2) is 23.1 Å². The molecule has 25 heavy (non-hydrogen) atoms. The second kappa shape index (κ2) is 8.98. The first kappa shape index (κ1) is 20.2. The summed E-state index contributed by atoms with van der Waals surface area (Å²) in [6.45, 7) is 3.23. The van der Waals surface area contributed by atoms with Crippen LogP contribution in [0.4, 0.5) is 0 Å². The Morgan fingerprint density at radius 3 is 2.44 bits per heavy atom. The summed E-state index contributed by atoms with van der Waals surface area (Å²) in [7, 11) is -3.74. The standard InChI is InChI=1S/C17H25ClN2O4S/c1-2-19(11-12-21)17(22)14-7-8-15(18)16(13-14)25(23,24)20-9-5-3-4-6-10-20/h7-8,13,21H,2-6,9-12H2,1H3. The van der Waals surface area contributed by atoms with Crippen LogP contribution in [0.2, 0.25) is 5.02 Å². The van der Waals surface area contributed by atoms with E-state index in [0.29, 0.717) is 19.6 Å². The van der Waals surface area contributed by atoms with E-state index in [1.165, 1.54) is 27.4 Å². The van der Waals surface area contributed by atoms with E-state index in [0.717, 1.165) is 25.7 Å². The smallest absolute Gasteiger partial charge is 0.253 e. The number of carbonyl (C=O) groups is 1. The second-order valence-corrected chi connectivity index (χ2v) is 8.39. The lowest BCUT2D eigenvalue weighted by atomic mass is 10.2. The van der Waals surface area contributed by atoms with E-state index in [1.807, 2.05) is 0 Å². The molecule has 1 amide bonds. The summed E-state index contributed by atoms with van der Waals surface area (Å²) in [5.74, 6) is -0.319. The van der Waals surface area contributed by atoms with Gasteiger partial charge in [-0.05, 0) is 38.0 Å². The van der Waals surface area contributed by atoms with Crippen LogP contribution in [0.25, 0.3) is 0 Å². The van der Waals surface area contributed by atoms with Gasteiger partial charge in [0.15, 0.2) is 0 Å². The number of rotatable bonds is 6. The Hall–Kier alpha value is -1.15. The molecule has 1 aliphatic heterocycles. The Bertz CT molecular complexity index is 701. The monoisotopic (exact) mass is 388 g/mol. The van der Waals surface area contributed by atoms with Crippen molar-refractivity contribution < 1.29 is 18.3 Å². The Kier molecular flexibility index (Phi) is 7.25. The molecule has 1 aliphatic rings. The molecule has 2 rings (SSSR count). The molecule has 8 heteroatoms. The number of likely N-dealkylation sites (N-methyl/N-ethyl adjacent to an activating group) is 1. The zero-order chi connectivity index (χ0) is 18.4. The third-order valence-electron chi connectivity index (χ3n) is 4.40. The van der Waals surface area contributed by atoms with Gasteiger partial charge >= 0.3 is 0 Å². The van der Waals surface area contributed by atoms with E-state index in [9.17, 15) is 13.2 Å². The summed E-state index contributed by atoms with van der Waals surface area (Å²) in [6, 6.07) is 4.32. The molecule has 1 aromatic carbocycles. The maximum Gasteiger partial charge on any atom is 0.253 e. The topological polar surface area (TPSA) is 77.9 Å². The average molecular weight is 389 g/mol. The van der Waals surface area contributed by atoms with Crippen LogP contribution in [0, 0.1) is 0 Å². The Morgan fingerprint density at radius 2 is 1.88 bits per heavy atom. The minimum Gasteiger partial charge on any atom is -0.395 e.